The third-order valence-electron chi connectivity index (χ3n) is 2.62. The normalized spacial score (nSPS) is 20.9. The van der Waals surface area contributed by atoms with E-state index in [1.165, 1.54) is 11.1 Å². The number of hydrogen-bond acceptors (Lipinski definition) is 2. The Balaban J connectivity index is 2.42. The van der Waals surface area contributed by atoms with E-state index in [4.69, 9.17) is 5.73 Å². The van der Waals surface area contributed by atoms with Crippen molar-refractivity contribution in [1.82, 2.24) is 0 Å². The Morgan fingerprint density at radius 3 is 3.08 bits per heavy atom. The molecule has 0 saturated heterocycles. The average molecular weight is 163 g/mol. The zero-order chi connectivity index (χ0) is 8.55. The Bertz CT molecular complexity index is 296. The van der Waals surface area contributed by atoms with Gasteiger partial charge in [-0.05, 0) is 48.6 Å². The van der Waals surface area contributed by atoms with Crippen molar-refractivity contribution in [1.29, 1.82) is 0 Å². The lowest BCUT2D eigenvalue weighted by Crippen LogP contribution is -2.08. The minimum atomic E-state index is 0.356. The summed E-state index contributed by atoms with van der Waals surface area (Å²) >= 11 is 0. The van der Waals surface area contributed by atoms with Gasteiger partial charge in [0, 0.05) is 0 Å². The van der Waals surface area contributed by atoms with E-state index in [1.807, 2.05) is 12.1 Å². The Hall–Kier alpha value is -1.02. The van der Waals surface area contributed by atoms with E-state index in [1.54, 1.807) is 6.07 Å². The molecule has 2 rings (SSSR count). The van der Waals surface area contributed by atoms with E-state index in [-0.39, 0.29) is 0 Å². The maximum atomic E-state index is 9.27. The van der Waals surface area contributed by atoms with Crippen LogP contribution < -0.4 is 5.73 Å². The molecule has 0 aromatic heterocycles. The summed E-state index contributed by atoms with van der Waals surface area (Å²) in [6.45, 7) is 0.691. The van der Waals surface area contributed by atoms with Gasteiger partial charge < -0.3 is 10.8 Å². The fourth-order valence-corrected chi connectivity index (χ4v) is 1.92. The van der Waals surface area contributed by atoms with Crippen molar-refractivity contribution in [2.45, 2.75) is 18.8 Å². The van der Waals surface area contributed by atoms with E-state index in [2.05, 4.69) is 0 Å². The number of nitrogens with two attached hydrogens (primary N) is 1. The van der Waals surface area contributed by atoms with Gasteiger partial charge in [0.05, 0.1) is 0 Å². The van der Waals surface area contributed by atoms with E-state index >= 15 is 0 Å². The highest BCUT2D eigenvalue weighted by molar-refractivity contribution is 5.40. The second kappa shape index (κ2) is 2.79. The average Bonchev–Trinajstić information content (AvgIpc) is 2.46. The van der Waals surface area contributed by atoms with Crippen molar-refractivity contribution in [3.05, 3.63) is 29.3 Å². The molecular formula is C10H13NO. The Morgan fingerprint density at radius 2 is 2.33 bits per heavy atom. The number of aromatic hydroxyl groups is 1. The van der Waals surface area contributed by atoms with Gasteiger partial charge in [-0.2, -0.15) is 0 Å². The molecule has 0 amide bonds. The summed E-state index contributed by atoms with van der Waals surface area (Å²) in [5.41, 5.74) is 8.22. The molecule has 1 unspecified atom stereocenters. The van der Waals surface area contributed by atoms with E-state index in [0.717, 1.165) is 12.8 Å². The number of rotatable bonds is 1. The lowest BCUT2D eigenvalue weighted by Gasteiger charge is -2.07. The first kappa shape index (κ1) is 7.62. The number of phenolic OH excluding ortho intramolecular Hbond substituents is 1. The quantitative estimate of drug-likeness (QED) is 0.657. The number of fused-ring (bicyclic) bond motifs is 1. The predicted octanol–water partition coefficient (Wildman–Crippen LogP) is 1.38. The van der Waals surface area contributed by atoms with E-state index in [9.17, 15) is 5.11 Å². The first-order valence-electron chi connectivity index (χ1n) is 4.33. The van der Waals surface area contributed by atoms with Crippen molar-refractivity contribution in [3.63, 3.8) is 0 Å². The molecule has 0 radical (unpaired) electrons. The van der Waals surface area contributed by atoms with Gasteiger partial charge in [-0.3, -0.25) is 0 Å². The Morgan fingerprint density at radius 1 is 1.50 bits per heavy atom. The van der Waals surface area contributed by atoms with Crippen molar-refractivity contribution in [3.8, 4) is 5.75 Å². The maximum Gasteiger partial charge on any atom is 0.115 e. The standard InChI is InChI=1S/C10H13NO/c11-6-8-2-1-7-3-4-9(12)5-10(7)8/h3-5,8,12H,1-2,6,11H2. The van der Waals surface area contributed by atoms with E-state index in [0.29, 0.717) is 18.2 Å². The van der Waals surface area contributed by atoms with Crippen LogP contribution in [0.3, 0.4) is 0 Å². The highest BCUT2D eigenvalue weighted by Crippen LogP contribution is 2.34. The van der Waals surface area contributed by atoms with Gasteiger partial charge in [0.25, 0.3) is 0 Å². The smallest absolute Gasteiger partial charge is 0.115 e. The van der Waals surface area contributed by atoms with Gasteiger partial charge in [0.2, 0.25) is 0 Å². The summed E-state index contributed by atoms with van der Waals surface area (Å²) in [6.07, 6.45) is 2.24. The molecule has 0 spiro atoms. The molecule has 0 saturated carbocycles. The molecule has 1 aliphatic carbocycles. The second-order valence-corrected chi connectivity index (χ2v) is 3.35. The molecule has 0 aliphatic heterocycles. The van der Waals surface area contributed by atoms with E-state index < -0.39 is 0 Å². The van der Waals surface area contributed by atoms with Crippen molar-refractivity contribution < 1.29 is 5.11 Å². The van der Waals surface area contributed by atoms with Crippen LogP contribution in [-0.2, 0) is 6.42 Å². The van der Waals surface area contributed by atoms with Crippen LogP contribution in [-0.4, -0.2) is 11.7 Å². The summed E-state index contributed by atoms with van der Waals surface area (Å²) in [5, 5.41) is 9.27. The summed E-state index contributed by atoms with van der Waals surface area (Å²) in [4.78, 5) is 0. The molecule has 2 nitrogen and oxygen atoms in total. The summed E-state index contributed by atoms with van der Waals surface area (Å²) < 4.78 is 0. The summed E-state index contributed by atoms with van der Waals surface area (Å²) in [5.74, 6) is 0.821. The monoisotopic (exact) mass is 163 g/mol. The first-order chi connectivity index (χ1) is 5.81. The van der Waals surface area contributed by atoms with Crippen LogP contribution in [0.15, 0.2) is 18.2 Å². The van der Waals surface area contributed by atoms with Crippen molar-refractivity contribution in [2.24, 2.45) is 5.73 Å². The molecule has 0 bridgehead atoms. The zero-order valence-electron chi connectivity index (χ0n) is 6.96. The summed E-state index contributed by atoms with van der Waals surface area (Å²) in [6, 6.07) is 5.60. The van der Waals surface area contributed by atoms with Gasteiger partial charge in [0.1, 0.15) is 5.75 Å². The molecule has 1 aliphatic rings. The zero-order valence-corrected chi connectivity index (χ0v) is 6.96. The minimum Gasteiger partial charge on any atom is -0.508 e. The molecule has 3 N–H and O–H groups in total. The van der Waals surface area contributed by atoms with Gasteiger partial charge in [-0.15, -0.1) is 0 Å². The topological polar surface area (TPSA) is 46.2 Å². The predicted molar refractivity (Wildman–Crippen MR) is 48.2 cm³/mol. The van der Waals surface area contributed by atoms with Crippen LogP contribution in [0, 0.1) is 0 Å². The molecule has 0 fully saturated rings. The maximum absolute atomic E-state index is 9.27. The van der Waals surface area contributed by atoms with Gasteiger partial charge in [0.15, 0.2) is 0 Å². The highest BCUT2D eigenvalue weighted by Gasteiger charge is 2.20. The molecule has 2 heteroatoms. The molecule has 1 aromatic carbocycles. The van der Waals surface area contributed by atoms with Crippen molar-refractivity contribution in [2.75, 3.05) is 6.54 Å². The molecular weight excluding hydrogens is 150 g/mol. The fraction of sp³-hybridized carbons (Fsp3) is 0.400. The number of benzene rings is 1. The SMILES string of the molecule is NCC1CCc2ccc(O)cc21. The lowest BCUT2D eigenvalue weighted by molar-refractivity contribution is 0.474. The van der Waals surface area contributed by atoms with Crippen LogP contribution in [0.2, 0.25) is 0 Å². The number of aryl methyl sites for hydroxylation is 1. The largest absolute Gasteiger partial charge is 0.508 e. The fourth-order valence-electron chi connectivity index (χ4n) is 1.92. The van der Waals surface area contributed by atoms with Crippen molar-refractivity contribution >= 4 is 0 Å². The Kier molecular flexibility index (Phi) is 1.77. The molecule has 12 heavy (non-hydrogen) atoms. The van der Waals surface area contributed by atoms with Crippen LogP contribution in [0.25, 0.3) is 0 Å². The molecule has 1 aromatic rings. The number of hydrogen-bond donors (Lipinski definition) is 2. The minimum absolute atomic E-state index is 0.356. The van der Waals surface area contributed by atoms with Crippen LogP contribution >= 0.6 is 0 Å². The van der Waals surface area contributed by atoms with Gasteiger partial charge in [-0.25, -0.2) is 0 Å². The first-order valence-corrected chi connectivity index (χ1v) is 4.33. The molecule has 64 valence electrons. The third kappa shape index (κ3) is 1.08. The third-order valence-corrected chi connectivity index (χ3v) is 2.62. The number of phenols is 1. The van der Waals surface area contributed by atoms with Crippen LogP contribution in [0.5, 0.6) is 5.75 Å². The lowest BCUT2D eigenvalue weighted by atomic mass is 10.0. The molecule has 0 heterocycles. The van der Waals surface area contributed by atoms with Crippen LogP contribution in [0.1, 0.15) is 23.5 Å². The second-order valence-electron chi connectivity index (χ2n) is 3.35. The van der Waals surface area contributed by atoms with Crippen LogP contribution in [0.4, 0.5) is 0 Å². The molecule has 1 atom stereocenters. The Labute approximate surface area is 72.0 Å². The summed E-state index contributed by atoms with van der Waals surface area (Å²) in [7, 11) is 0. The van der Waals surface area contributed by atoms with Gasteiger partial charge in [-0.1, -0.05) is 6.07 Å². The highest BCUT2D eigenvalue weighted by atomic mass is 16.3. The van der Waals surface area contributed by atoms with Gasteiger partial charge >= 0.3 is 0 Å².